The summed E-state index contributed by atoms with van der Waals surface area (Å²) in [5.41, 5.74) is 1.43. The molecule has 0 saturated carbocycles. The number of amides is 2. The Hall–Kier alpha value is -2.45. The zero-order valence-electron chi connectivity index (χ0n) is 16.5. The van der Waals surface area contributed by atoms with E-state index in [0.29, 0.717) is 18.7 Å². The van der Waals surface area contributed by atoms with Gasteiger partial charge in [-0.05, 0) is 49.2 Å². The van der Waals surface area contributed by atoms with Gasteiger partial charge in [0.25, 0.3) is 5.91 Å². The predicted molar refractivity (Wildman–Crippen MR) is 115 cm³/mol. The number of pyridine rings is 1. The van der Waals surface area contributed by atoms with Crippen LogP contribution < -0.4 is 4.90 Å². The molecule has 5 rings (SSSR count). The Morgan fingerprint density at radius 2 is 1.80 bits per heavy atom. The van der Waals surface area contributed by atoms with Crippen LogP contribution in [0.5, 0.6) is 0 Å². The van der Waals surface area contributed by atoms with Gasteiger partial charge in [0.2, 0.25) is 5.91 Å². The van der Waals surface area contributed by atoms with E-state index in [4.69, 9.17) is 4.74 Å². The maximum Gasteiger partial charge on any atom is 0.254 e. The van der Waals surface area contributed by atoms with E-state index in [1.54, 1.807) is 17.0 Å². The van der Waals surface area contributed by atoms with Crippen LogP contribution >= 0.6 is 15.9 Å². The van der Waals surface area contributed by atoms with Gasteiger partial charge >= 0.3 is 0 Å². The minimum atomic E-state index is -0.363. The number of fused-ring (bicyclic) bond motifs is 1. The number of nitrogens with zero attached hydrogens (tertiary/aromatic N) is 4. The summed E-state index contributed by atoms with van der Waals surface area (Å²) in [6.07, 6.45) is 4.97. The predicted octanol–water partition coefficient (Wildman–Crippen LogP) is 2.52. The normalized spacial score (nSPS) is 23.0. The first kappa shape index (κ1) is 19.5. The van der Waals surface area contributed by atoms with Crippen LogP contribution in [-0.4, -0.2) is 71.2 Å². The smallest absolute Gasteiger partial charge is 0.254 e. The van der Waals surface area contributed by atoms with Crippen molar-refractivity contribution in [2.75, 3.05) is 37.6 Å². The van der Waals surface area contributed by atoms with Crippen molar-refractivity contribution < 1.29 is 14.3 Å². The van der Waals surface area contributed by atoms with E-state index in [2.05, 4.69) is 25.8 Å². The summed E-state index contributed by atoms with van der Waals surface area (Å²) < 4.78 is 7.36. The summed E-state index contributed by atoms with van der Waals surface area (Å²) in [6.45, 7) is 2.88. The van der Waals surface area contributed by atoms with E-state index < -0.39 is 0 Å². The summed E-state index contributed by atoms with van der Waals surface area (Å²) in [5.74, 6) is -0.169. The lowest BCUT2D eigenvalue weighted by molar-refractivity contribution is -0.146. The third kappa shape index (κ3) is 3.58. The lowest BCUT2D eigenvalue weighted by Crippen LogP contribution is -2.55. The second-order valence-electron chi connectivity index (χ2n) is 8.16. The van der Waals surface area contributed by atoms with Crippen LogP contribution in [0.15, 0.2) is 53.3 Å². The van der Waals surface area contributed by atoms with Crippen molar-refractivity contribution in [3.63, 3.8) is 0 Å². The minimum absolute atomic E-state index is 0.0369. The fourth-order valence-corrected chi connectivity index (χ4v) is 4.89. The molecule has 7 nitrogen and oxygen atoms in total. The van der Waals surface area contributed by atoms with Crippen molar-refractivity contribution in [1.82, 2.24) is 14.8 Å². The lowest BCUT2D eigenvalue weighted by Gasteiger charge is -2.39. The van der Waals surface area contributed by atoms with Crippen LogP contribution in [0, 0.1) is 0 Å². The molecule has 0 N–H and O–H groups in total. The number of benzene rings is 1. The maximum atomic E-state index is 12.9. The van der Waals surface area contributed by atoms with Crippen LogP contribution in [-0.2, 0) is 9.53 Å². The van der Waals surface area contributed by atoms with Gasteiger partial charge in [-0.25, -0.2) is 0 Å². The second-order valence-corrected chi connectivity index (χ2v) is 9.08. The number of aromatic nitrogens is 1. The van der Waals surface area contributed by atoms with Gasteiger partial charge in [-0.15, -0.1) is 0 Å². The number of carbonyl (C=O) groups is 2. The van der Waals surface area contributed by atoms with Crippen molar-refractivity contribution in [1.29, 1.82) is 0 Å². The summed E-state index contributed by atoms with van der Waals surface area (Å²) in [5, 5.41) is 0. The molecule has 1 unspecified atom stereocenters. The van der Waals surface area contributed by atoms with Gasteiger partial charge in [-0.2, -0.15) is 0 Å². The number of ether oxygens (including phenoxy) is 1. The quantitative estimate of drug-likeness (QED) is 0.674. The Labute approximate surface area is 183 Å². The Bertz CT molecular complexity index is 945. The van der Waals surface area contributed by atoms with Gasteiger partial charge in [0.1, 0.15) is 6.54 Å². The molecule has 1 atom stereocenters. The van der Waals surface area contributed by atoms with Crippen molar-refractivity contribution in [3.8, 4) is 0 Å². The van der Waals surface area contributed by atoms with E-state index in [0.717, 1.165) is 36.1 Å². The third-order valence-electron chi connectivity index (χ3n) is 6.30. The number of rotatable bonds is 2. The Kier molecular flexibility index (Phi) is 4.99. The van der Waals surface area contributed by atoms with Crippen molar-refractivity contribution in [2.45, 2.75) is 24.7 Å². The molecule has 4 heterocycles. The molecule has 2 amide bonds. The van der Waals surface area contributed by atoms with Gasteiger partial charge in [0, 0.05) is 41.2 Å². The third-order valence-corrected chi connectivity index (χ3v) is 6.82. The standard InChI is InChI=1S/C22H23BrN4O3/c23-17-3-1-16(2-4-17)21(29)26-13-19(28)27-15-22(30-20(27)14-26)7-11-25(12-8-22)18-5-9-24-10-6-18/h1-6,9-10,20H,7-8,11-15H2. The monoisotopic (exact) mass is 470 g/mol. The molecule has 156 valence electrons. The molecule has 3 saturated heterocycles. The second kappa shape index (κ2) is 7.67. The molecule has 0 radical (unpaired) electrons. The molecule has 0 aliphatic carbocycles. The van der Waals surface area contributed by atoms with Gasteiger partial charge in [-0.3, -0.25) is 14.6 Å². The molecule has 1 aromatic carbocycles. The van der Waals surface area contributed by atoms with E-state index in [9.17, 15) is 9.59 Å². The first-order chi connectivity index (χ1) is 14.5. The topological polar surface area (TPSA) is 66.0 Å². The van der Waals surface area contributed by atoms with E-state index in [1.807, 2.05) is 41.6 Å². The zero-order chi connectivity index (χ0) is 20.7. The number of hydrogen-bond donors (Lipinski definition) is 0. The summed E-state index contributed by atoms with van der Waals surface area (Å²) in [4.78, 5) is 35.6. The highest BCUT2D eigenvalue weighted by atomic mass is 79.9. The largest absolute Gasteiger partial charge is 0.371 e. The highest BCUT2D eigenvalue weighted by Crippen LogP contribution is 2.38. The highest BCUT2D eigenvalue weighted by molar-refractivity contribution is 9.10. The number of anilines is 1. The van der Waals surface area contributed by atoms with Crippen LogP contribution in [0.4, 0.5) is 5.69 Å². The van der Waals surface area contributed by atoms with Gasteiger partial charge < -0.3 is 19.4 Å². The number of halogens is 1. The molecular formula is C22H23BrN4O3. The number of carbonyl (C=O) groups excluding carboxylic acids is 2. The van der Waals surface area contributed by atoms with Gasteiger partial charge in [-0.1, -0.05) is 15.9 Å². The van der Waals surface area contributed by atoms with Crippen LogP contribution in [0.1, 0.15) is 23.2 Å². The Morgan fingerprint density at radius 3 is 2.50 bits per heavy atom. The zero-order valence-corrected chi connectivity index (χ0v) is 18.1. The maximum absolute atomic E-state index is 12.9. The fourth-order valence-electron chi connectivity index (χ4n) is 4.63. The minimum Gasteiger partial charge on any atom is -0.371 e. The summed E-state index contributed by atoms with van der Waals surface area (Å²) in [7, 11) is 0. The molecule has 3 aliphatic rings. The van der Waals surface area contributed by atoms with Crippen molar-refractivity contribution in [2.24, 2.45) is 0 Å². The number of piperidine rings is 1. The summed E-state index contributed by atoms with van der Waals surface area (Å²) in [6, 6.07) is 11.3. The molecule has 1 aromatic heterocycles. The summed E-state index contributed by atoms with van der Waals surface area (Å²) >= 11 is 3.38. The molecule has 30 heavy (non-hydrogen) atoms. The fraction of sp³-hybridized carbons (Fsp3) is 0.409. The molecule has 3 fully saturated rings. The van der Waals surface area contributed by atoms with Crippen molar-refractivity contribution >= 4 is 33.4 Å². The average Bonchev–Trinajstić information content (AvgIpc) is 3.13. The van der Waals surface area contributed by atoms with Gasteiger partial charge in [0.15, 0.2) is 6.23 Å². The lowest BCUT2D eigenvalue weighted by atomic mass is 9.91. The van der Waals surface area contributed by atoms with Crippen molar-refractivity contribution in [3.05, 3.63) is 58.8 Å². The molecule has 8 heteroatoms. The van der Waals surface area contributed by atoms with E-state index in [1.165, 1.54) is 0 Å². The molecule has 2 aromatic rings. The molecule has 1 spiro atoms. The number of piperazine rings is 1. The average molecular weight is 471 g/mol. The van der Waals surface area contributed by atoms with Gasteiger partial charge in [0.05, 0.1) is 18.7 Å². The Morgan fingerprint density at radius 1 is 1.10 bits per heavy atom. The van der Waals surface area contributed by atoms with Crippen LogP contribution in [0.2, 0.25) is 0 Å². The molecule has 0 bridgehead atoms. The van der Waals surface area contributed by atoms with Crippen LogP contribution in [0.3, 0.4) is 0 Å². The first-order valence-corrected chi connectivity index (χ1v) is 11.0. The highest BCUT2D eigenvalue weighted by Gasteiger charge is 2.51. The number of hydrogen-bond acceptors (Lipinski definition) is 5. The van der Waals surface area contributed by atoms with E-state index in [-0.39, 0.29) is 30.2 Å². The Balaban J connectivity index is 1.26. The van der Waals surface area contributed by atoms with Crippen LogP contribution in [0.25, 0.3) is 0 Å². The first-order valence-electron chi connectivity index (χ1n) is 10.2. The SMILES string of the molecule is O=C(c1ccc(Br)cc1)N1CC(=O)N2CC3(CCN(c4ccncc4)CC3)OC2C1. The molecule has 3 aliphatic heterocycles. The van der Waals surface area contributed by atoms with E-state index >= 15 is 0 Å². The molecular weight excluding hydrogens is 448 g/mol.